The van der Waals surface area contributed by atoms with E-state index in [-0.39, 0.29) is 18.5 Å². The van der Waals surface area contributed by atoms with E-state index in [9.17, 15) is 19.1 Å². The van der Waals surface area contributed by atoms with Gasteiger partial charge < -0.3 is 10.0 Å². The maximum Gasteiger partial charge on any atom is 0.147 e. The van der Waals surface area contributed by atoms with E-state index in [1.807, 2.05) is 0 Å². The smallest absolute Gasteiger partial charge is 0.147 e. The molecule has 1 saturated heterocycles. The Kier molecular flexibility index (Phi) is 3.97. The Bertz CT molecular complexity index is 788. The fraction of sp³-hybridized carbons (Fsp3) is 0.294. The van der Waals surface area contributed by atoms with Gasteiger partial charge in [0.05, 0.1) is 17.7 Å². The van der Waals surface area contributed by atoms with Gasteiger partial charge in [-0.3, -0.25) is 0 Å². The van der Waals surface area contributed by atoms with Crippen LogP contribution in [0.3, 0.4) is 0 Å². The number of anilines is 1. The molecule has 6 heteroatoms. The van der Waals surface area contributed by atoms with E-state index in [0.29, 0.717) is 11.4 Å². The summed E-state index contributed by atoms with van der Waals surface area (Å²) in [4.78, 5) is 5.91. The molecule has 2 aromatic rings. The van der Waals surface area contributed by atoms with Gasteiger partial charge in [-0.15, -0.1) is 0 Å². The molecule has 0 unspecified atom stereocenters. The van der Waals surface area contributed by atoms with Crippen LogP contribution in [0.25, 0.3) is 0 Å². The van der Waals surface area contributed by atoms with E-state index in [4.69, 9.17) is 0 Å². The van der Waals surface area contributed by atoms with Gasteiger partial charge >= 0.3 is 0 Å². The number of aliphatic hydroxyl groups is 1. The largest absolute Gasteiger partial charge is 0.391 e. The summed E-state index contributed by atoms with van der Waals surface area (Å²) in [6.45, 7) is 2.00. The highest BCUT2D eigenvalue weighted by Crippen LogP contribution is 2.38. The standard InChI is InChI=1S/C17H15F2N3O/c1-10-4-5-21-17(14(10)8-20)22-9-12(23)7-16(22)13-6-11(18)2-3-15(13)19/h2-6,12,16,23H,7,9H2,1H3/t12-,16-/m0/s1. The average molecular weight is 315 g/mol. The van der Waals surface area contributed by atoms with Gasteiger partial charge in [-0.1, -0.05) is 0 Å². The number of pyridine rings is 1. The minimum Gasteiger partial charge on any atom is -0.391 e. The number of hydrogen-bond donors (Lipinski definition) is 1. The number of rotatable bonds is 2. The number of benzene rings is 1. The van der Waals surface area contributed by atoms with E-state index in [1.54, 1.807) is 24.1 Å². The molecule has 1 aromatic carbocycles. The first-order valence-corrected chi connectivity index (χ1v) is 7.26. The Balaban J connectivity index is 2.10. The van der Waals surface area contributed by atoms with Crippen LogP contribution >= 0.6 is 0 Å². The lowest BCUT2D eigenvalue weighted by molar-refractivity contribution is 0.194. The molecular formula is C17H15F2N3O. The summed E-state index contributed by atoms with van der Waals surface area (Å²) in [6.07, 6.45) is 1.12. The maximum atomic E-state index is 14.1. The zero-order valence-corrected chi connectivity index (χ0v) is 12.5. The quantitative estimate of drug-likeness (QED) is 0.926. The number of aryl methyl sites for hydroxylation is 1. The number of hydrogen-bond acceptors (Lipinski definition) is 4. The lowest BCUT2D eigenvalue weighted by atomic mass is 10.0. The van der Waals surface area contributed by atoms with Gasteiger partial charge in [0.15, 0.2) is 0 Å². The third-order valence-electron chi connectivity index (χ3n) is 4.12. The van der Waals surface area contributed by atoms with Crippen molar-refractivity contribution in [3.8, 4) is 6.07 Å². The second kappa shape index (κ2) is 5.94. The fourth-order valence-corrected chi connectivity index (χ4v) is 3.01. The Morgan fingerprint density at radius 2 is 2.13 bits per heavy atom. The molecule has 0 amide bonds. The molecule has 0 spiro atoms. The highest BCUT2D eigenvalue weighted by molar-refractivity contribution is 5.59. The van der Waals surface area contributed by atoms with Crippen molar-refractivity contribution in [2.45, 2.75) is 25.5 Å². The minimum atomic E-state index is -0.698. The molecule has 0 aliphatic carbocycles. The lowest BCUT2D eigenvalue weighted by Gasteiger charge is -2.27. The number of β-amino-alcohol motifs (C(OH)–C–C–N with tert-alkyl or cyclic N) is 1. The third kappa shape index (κ3) is 2.76. The zero-order chi connectivity index (χ0) is 16.6. The SMILES string of the molecule is Cc1ccnc(N2C[C@@H](O)C[C@H]2c2cc(F)ccc2F)c1C#N. The van der Waals surface area contributed by atoms with Crippen molar-refractivity contribution < 1.29 is 13.9 Å². The molecule has 1 N–H and O–H groups in total. The zero-order valence-electron chi connectivity index (χ0n) is 12.5. The van der Waals surface area contributed by atoms with Crippen molar-refractivity contribution in [2.75, 3.05) is 11.4 Å². The highest BCUT2D eigenvalue weighted by Gasteiger charge is 2.36. The summed E-state index contributed by atoms with van der Waals surface area (Å²) in [5.74, 6) is -0.695. The molecule has 1 fully saturated rings. The lowest BCUT2D eigenvalue weighted by Crippen LogP contribution is -2.27. The predicted molar refractivity (Wildman–Crippen MR) is 80.8 cm³/mol. The molecule has 1 aromatic heterocycles. The monoisotopic (exact) mass is 315 g/mol. The second-order valence-electron chi connectivity index (χ2n) is 5.66. The number of halogens is 2. The first-order chi connectivity index (χ1) is 11.0. The predicted octanol–water partition coefficient (Wildman–Crippen LogP) is 2.85. The van der Waals surface area contributed by atoms with Crippen LogP contribution in [0.15, 0.2) is 30.5 Å². The van der Waals surface area contributed by atoms with Crippen LogP contribution in [-0.2, 0) is 0 Å². The van der Waals surface area contributed by atoms with Crippen LogP contribution in [-0.4, -0.2) is 22.7 Å². The number of aromatic nitrogens is 1. The van der Waals surface area contributed by atoms with E-state index < -0.39 is 23.8 Å². The van der Waals surface area contributed by atoms with Crippen LogP contribution in [0.2, 0.25) is 0 Å². The van der Waals surface area contributed by atoms with Gasteiger partial charge in [0.25, 0.3) is 0 Å². The van der Waals surface area contributed by atoms with Gasteiger partial charge in [0.1, 0.15) is 23.5 Å². The first-order valence-electron chi connectivity index (χ1n) is 7.26. The van der Waals surface area contributed by atoms with Crippen molar-refractivity contribution >= 4 is 5.82 Å². The molecule has 1 aliphatic heterocycles. The summed E-state index contributed by atoms with van der Waals surface area (Å²) in [6, 6.07) is 6.51. The van der Waals surface area contributed by atoms with Crippen LogP contribution in [0, 0.1) is 29.9 Å². The number of aliphatic hydroxyl groups excluding tert-OH is 1. The van der Waals surface area contributed by atoms with Gasteiger partial charge in [-0.05, 0) is 43.2 Å². The first kappa shape index (κ1) is 15.4. The molecule has 0 radical (unpaired) electrons. The van der Waals surface area contributed by atoms with Crippen molar-refractivity contribution in [3.05, 3.63) is 58.8 Å². The van der Waals surface area contributed by atoms with Crippen molar-refractivity contribution in [2.24, 2.45) is 0 Å². The van der Waals surface area contributed by atoms with Crippen LogP contribution in [0.4, 0.5) is 14.6 Å². The number of nitrogens with zero attached hydrogens (tertiary/aromatic N) is 3. The van der Waals surface area contributed by atoms with Gasteiger partial charge in [0.2, 0.25) is 0 Å². The topological polar surface area (TPSA) is 60.1 Å². The summed E-state index contributed by atoms with van der Waals surface area (Å²) < 4.78 is 27.7. The van der Waals surface area contributed by atoms with Gasteiger partial charge in [-0.25, -0.2) is 13.8 Å². The Morgan fingerprint density at radius 3 is 2.87 bits per heavy atom. The fourth-order valence-electron chi connectivity index (χ4n) is 3.01. The van der Waals surface area contributed by atoms with Gasteiger partial charge in [0, 0.05) is 18.3 Å². The molecule has 23 heavy (non-hydrogen) atoms. The van der Waals surface area contributed by atoms with Crippen molar-refractivity contribution in [1.82, 2.24) is 4.98 Å². The van der Waals surface area contributed by atoms with Gasteiger partial charge in [-0.2, -0.15) is 5.26 Å². The highest BCUT2D eigenvalue weighted by atomic mass is 19.1. The van der Waals surface area contributed by atoms with E-state index in [1.165, 1.54) is 0 Å². The van der Waals surface area contributed by atoms with Crippen LogP contribution in [0.1, 0.15) is 29.2 Å². The van der Waals surface area contributed by atoms with E-state index in [2.05, 4.69) is 11.1 Å². The van der Waals surface area contributed by atoms with Crippen LogP contribution < -0.4 is 4.90 Å². The van der Waals surface area contributed by atoms with E-state index in [0.717, 1.165) is 23.8 Å². The van der Waals surface area contributed by atoms with Crippen molar-refractivity contribution in [3.63, 3.8) is 0 Å². The Labute approximate surface area is 132 Å². The summed E-state index contributed by atoms with van der Waals surface area (Å²) in [7, 11) is 0. The summed E-state index contributed by atoms with van der Waals surface area (Å²) >= 11 is 0. The summed E-state index contributed by atoms with van der Waals surface area (Å²) in [5.41, 5.74) is 1.29. The van der Waals surface area contributed by atoms with Crippen molar-refractivity contribution in [1.29, 1.82) is 5.26 Å². The molecule has 4 nitrogen and oxygen atoms in total. The molecule has 0 bridgehead atoms. The molecular weight excluding hydrogens is 300 g/mol. The Morgan fingerprint density at radius 1 is 1.35 bits per heavy atom. The Hall–Kier alpha value is -2.52. The molecule has 118 valence electrons. The molecule has 0 saturated carbocycles. The van der Waals surface area contributed by atoms with Crippen LogP contribution in [0.5, 0.6) is 0 Å². The second-order valence-corrected chi connectivity index (χ2v) is 5.66. The third-order valence-corrected chi connectivity index (χ3v) is 4.12. The molecule has 3 rings (SSSR count). The molecule has 2 atom stereocenters. The minimum absolute atomic E-state index is 0.161. The maximum absolute atomic E-state index is 14.1. The normalized spacial score (nSPS) is 20.6. The average Bonchev–Trinajstić information content (AvgIpc) is 2.91. The molecule has 1 aliphatic rings. The molecule has 2 heterocycles. The summed E-state index contributed by atoms with van der Waals surface area (Å²) in [5, 5.41) is 19.4. The number of nitriles is 1. The van der Waals surface area contributed by atoms with E-state index >= 15 is 0 Å².